The Balaban J connectivity index is 0.000000162. The van der Waals surface area contributed by atoms with Crippen LogP contribution in [0.1, 0.15) is 42.6 Å². The Kier molecular flexibility index (Phi) is 4.23. The molecule has 1 N–H and O–H groups in total. The maximum Gasteiger partial charge on any atom is 0.165 e. The number of aromatic nitrogens is 1. The van der Waals surface area contributed by atoms with Crippen LogP contribution in [0.15, 0.2) is 24.5 Å². The van der Waals surface area contributed by atoms with Crippen LogP contribution in [0.2, 0.25) is 0 Å². The smallest absolute Gasteiger partial charge is 0.165 e. The monoisotopic (exact) mass is 219 g/mol. The maximum atomic E-state index is 10.9. The summed E-state index contributed by atoms with van der Waals surface area (Å²) >= 11 is 0. The number of hydrogen-bond donors (Lipinski definition) is 1. The molecule has 1 aromatic rings. The number of hydrogen-bond acceptors (Lipinski definition) is 2. The molecule has 0 spiro atoms. The number of fused-ring (bicyclic) bond motifs is 1. The predicted molar refractivity (Wildman–Crippen MR) is 63.6 cm³/mol. The van der Waals surface area contributed by atoms with Crippen molar-refractivity contribution in [1.82, 2.24) is 4.98 Å². The van der Waals surface area contributed by atoms with Crippen LogP contribution in [0.3, 0.4) is 0 Å². The van der Waals surface area contributed by atoms with Gasteiger partial charge >= 0.3 is 0 Å². The average Bonchev–Trinajstić information content (AvgIpc) is 2.88. The molecule has 3 heteroatoms. The summed E-state index contributed by atoms with van der Waals surface area (Å²) in [4.78, 5) is 24.0. The maximum absolute atomic E-state index is 10.9. The molecule has 0 radical (unpaired) electrons. The van der Waals surface area contributed by atoms with Crippen molar-refractivity contribution in [1.29, 1.82) is 0 Å². The Labute approximate surface area is 95.6 Å². The number of aryl methyl sites for hydroxylation is 1. The second kappa shape index (κ2) is 5.45. The molecule has 3 rings (SSSR count). The molecule has 1 heterocycles. The van der Waals surface area contributed by atoms with Crippen molar-refractivity contribution in [2.24, 2.45) is 0 Å². The highest BCUT2D eigenvalue weighted by molar-refractivity contribution is 6.00. The minimum absolute atomic E-state index is 0. The van der Waals surface area contributed by atoms with Gasteiger partial charge in [-0.25, -0.2) is 0 Å². The van der Waals surface area contributed by atoms with E-state index >= 15 is 0 Å². The zero-order valence-electron chi connectivity index (χ0n) is 8.45. The SMILES string of the molecule is C.O=C1C=CCC1.O=C1CCc2c[nH]cc21. The third-order valence-corrected chi connectivity index (χ3v) is 2.61. The van der Waals surface area contributed by atoms with Crippen LogP contribution in [-0.2, 0) is 11.2 Å². The summed E-state index contributed by atoms with van der Waals surface area (Å²) in [7, 11) is 0. The van der Waals surface area contributed by atoms with Crippen LogP contribution in [0, 0.1) is 0 Å². The van der Waals surface area contributed by atoms with Gasteiger partial charge in [-0.2, -0.15) is 0 Å². The second-order valence-electron chi connectivity index (χ2n) is 3.72. The number of ketones is 2. The Hall–Kier alpha value is -1.64. The van der Waals surface area contributed by atoms with Crippen LogP contribution >= 0.6 is 0 Å². The van der Waals surface area contributed by atoms with Crippen molar-refractivity contribution < 1.29 is 9.59 Å². The number of nitrogens with one attached hydrogen (secondary N) is 1. The van der Waals surface area contributed by atoms with Gasteiger partial charge in [0.25, 0.3) is 0 Å². The molecule has 2 aliphatic carbocycles. The molecule has 0 atom stereocenters. The number of allylic oxidation sites excluding steroid dienone is 2. The van der Waals surface area contributed by atoms with E-state index in [9.17, 15) is 9.59 Å². The molecular formula is C13H17NO2. The van der Waals surface area contributed by atoms with E-state index in [1.54, 1.807) is 12.3 Å². The van der Waals surface area contributed by atoms with Crippen LogP contribution < -0.4 is 0 Å². The molecule has 0 fully saturated rings. The first-order valence-electron chi connectivity index (χ1n) is 5.15. The van der Waals surface area contributed by atoms with E-state index in [0.717, 1.165) is 24.8 Å². The fourth-order valence-electron chi connectivity index (χ4n) is 1.77. The summed E-state index contributed by atoms with van der Waals surface area (Å²) in [6.45, 7) is 0. The van der Waals surface area contributed by atoms with Crippen LogP contribution in [-0.4, -0.2) is 16.6 Å². The van der Waals surface area contributed by atoms with Crippen molar-refractivity contribution in [3.8, 4) is 0 Å². The molecule has 2 aliphatic rings. The van der Waals surface area contributed by atoms with E-state index in [-0.39, 0.29) is 19.0 Å². The first-order valence-corrected chi connectivity index (χ1v) is 5.15. The van der Waals surface area contributed by atoms with Crippen molar-refractivity contribution in [3.63, 3.8) is 0 Å². The van der Waals surface area contributed by atoms with Crippen LogP contribution in [0.4, 0.5) is 0 Å². The molecule has 0 unspecified atom stereocenters. The molecular weight excluding hydrogens is 202 g/mol. The summed E-state index contributed by atoms with van der Waals surface area (Å²) < 4.78 is 0. The van der Waals surface area contributed by atoms with Crippen molar-refractivity contribution in [3.05, 3.63) is 35.7 Å². The first-order chi connectivity index (χ1) is 7.27. The van der Waals surface area contributed by atoms with Gasteiger partial charge in [-0.05, 0) is 24.5 Å². The fourth-order valence-corrected chi connectivity index (χ4v) is 1.77. The Bertz CT molecular complexity index is 415. The van der Waals surface area contributed by atoms with Gasteiger partial charge in [-0.1, -0.05) is 13.5 Å². The lowest BCUT2D eigenvalue weighted by Crippen LogP contribution is -1.87. The summed E-state index contributed by atoms with van der Waals surface area (Å²) in [5.74, 6) is 0.557. The molecule has 16 heavy (non-hydrogen) atoms. The minimum atomic E-state index is 0. The van der Waals surface area contributed by atoms with E-state index in [4.69, 9.17) is 0 Å². The molecule has 86 valence electrons. The van der Waals surface area contributed by atoms with Gasteiger partial charge in [0.2, 0.25) is 0 Å². The van der Waals surface area contributed by atoms with E-state index in [1.165, 1.54) is 5.56 Å². The highest BCUT2D eigenvalue weighted by Gasteiger charge is 2.18. The molecule has 0 aliphatic heterocycles. The van der Waals surface area contributed by atoms with Crippen LogP contribution in [0.25, 0.3) is 0 Å². The lowest BCUT2D eigenvalue weighted by molar-refractivity contribution is -0.114. The number of carbonyl (C=O) groups is 2. The summed E-state index contributed by atoms with van der Waals surface area (Å²) in [6, 6.07) is 0. The summed E-state index contributed by atoms with van der Waals surface area (Å²) in [5.41, 5.74) is 2.08. The third-order valence-electron chi connectivity index (χ3n) is 2.61. The van der Waals surface area contributed by atoms with Gasteiger partial charge in [0.1, 0.15) is 0 Å². The van der Waals surface area contributed by atoms with Crippen LogP contribution in [0.5, 0.6) is 0 Å². The molecule has 0 saturated carbocycles. The van der Waals surface area contributed by atoms with Gasteiger partial charge in [0.15, 0.2) is 11.6 Å². The van der Waals surface area contributed by atoms with Crippen molar-refractivity contribution >= 4 is 11.6 Å². The number of H-pyrrole nitrogens is 1. The summed E-state index contributed by atoms with van der Waals surface area (Å²) in [5, 5.41) is 0. The molecule has 0 amide bonds. The summed E-state index contributed by atoms with van der Waals surface area (Å²) in [6.07, 6.45) is 10.6. The Morgan fingerprint density at radius 2 is 1.88 bits per heavy atom. The fraction of sp³-hybridized carbons (Fsp3) is 0.385. The third kappa shape index (κ3) is 2.69. The van der Waals surface area contributed by atoms with Gasteiger partial charge in [0.05, 0.1) is 0 Å². The van der Waals surface area contributed by atoms with Gasteiger partial charge in [-0.15, -0.1) is 0 Å². The molecule has 3 nitrogen and oxygen atoms in total. The molecule has 1 aromatic heterocycles. The zero-order chi connectivity index (χ0) is 10.7. The molecule has 0 aromatic carbocycles. The molecule has 0 bridgehead atoms. The Morgan fingerprint density at radius 3 is 2.38 bits per heavy atom. The highest BCUT2D eigenvalue weighted by atomic mass is 16.1. The van der Waals surface area contributed by atoms with E-state index < -0.39 is 0 Å². The number of carbonyl (C=O) groups excluding carboxylic acids is 2. The highest BCUT2D eigenvalue weighted by Crippen LogP contribution is 2.20. The zero-order valence-corrected chi connectivity index (χ0v) is 8.45. The number of Topliss-reactive ketones (excluding diaryl/α,β-unsaturated/α-hetero) is 1. The minimum Gasteiger partial charge on any atom is -0.367 e. The number of rotatable bonds is 0. The van der Waals surface area contributed by atoms with E-state index in [0.29, 0.717) is 6.42 Å². The predicted octanol–water partition coefficient (Wildman–Crippen LogP) is 2.69. The first kappa shape index (κ1) is 12.4. The van der Waals surface area contributed by atoms with Gasteiger partial charge < -0.3 is 4.98 Å². The molecule has 0 saturated heterocycles. The largest absolute Gasteiger partial charge is 0.367 e. The second-order valence-corrected chi connectivity index (χ2v) is 3.72. The van der Waals surface area contributed by atoms with Crippen molar-refractivity contribution in [2.45, 2.75) is 33.1 Å². The van der Waals surface area contributed by atoms with Gasteiger partial charge in [-0.3, -0.25) is 9.59 Å². The Morgan fingerprint density at radius 1 is 1.06 bits per heavy atom. The van der Waals surface area contributed by atoms with Crippen molar-refractivity contribution in [2.75, 3.05) is 0 Å². The van der Waals surface area contributed by atoms with E-state index in [2.05, 4.69) is 4.98 Å². The standard InChI is InChI=1S/C7H7NO.C5H6O.CH4/c9-7-2-1-5-3-8-4-6(5)7;6-5-3-1-2-4-5;/h3-4,8H,1-2H2;1,3H,2,4H2;1H4. The normalized spacial score (nSPS) is 16.5. The topological polar surface area (TPSA) is 49.9 Å². The quantitative estimate of drug-likeness (QED) is 0.729. The number of aromatic amines is 1. The van der Waals surface area contributed by atoms with Gasteiger partial charge in [0, 0.05) is 30.8 Å². The lowest BCUT2D eigenvalue weighted by Gasteiger charge is -1.79. The van der Waals surface area contributed by atoms with E-state index in [1.807, 2.05) is 12.3 Å². The lowest BCUT2D eigenvalue weighted by atomic mass is 10.2. The average molecular weight is 219 g/mol.